The first-order valence-corrected chi connectivity index (χ1v) is 9.90. The second-order valence-corrected chi connectivity index (χ2v) is 7.44. The average Bonchev–Trinajstić information content (AvgIpc) is 3.05. The SMILES string of the molecule is CS(=O)(=O)O.Cc1ccc(C(NC2=NCCN2)c2cccc(O)c2)cc1. The van der Waals surface area contributed by atoms with Crippen molar-refractivity contribution >= 4 is 16.1 Å². The van der Waals surface area contributed by atoms with Gasteiger partial charge in [-0.1, -0.05) is 42.0 Å². The number of nitrogens with zero attached hydrogens (tertiary/aromatic N) is 1. The third kappa shape index (κ3) is 6.73. The van der Waals surface area contributed by atoms with Gasteiger partial charge < -0.3 is 15.7 Å². The summed E-state index contributed by atoms with van der Waals surface area (Å²) in [5.41, 5.74) is 3.38. The van der Waals surface area contributed by atoms with Crippen LogP contribution in [0.15, 0.2) is 53.5 Å². The van der Waals surface area contributed by atoms with Crippen molar-refractivity contribution < 1.29 is 18.1 Å². The lowest BCUT2D eigenvalue weighted by atomic mass is 9.97. The molecule has 2 aromatic carbocycles. The molecule has 1 atom stereocenters. The van der Waals surface area contributed by atoms with E-state index in [0.717, 1.165) is 30.2 Å². The lowest BCUT2D eigenvalue weighted by Gasteiger charge is -2.21. The molecule has 8 heteroatoms. The first-order chi connectivity index (χ1) is 12.2. The predicted molar refractivity (Wildman–Crippen MR) is 102 cm³/mol. The van der Waals surface area contributed by atoms with Gasteiger partial charge in [-0.3, -0.25) is 9.55 Å². The molecule has 1 unspecified atom stereocenters. The lowest BCUT2D eigenvalue weighted by Crippen LogP contribution is -2.37. The average molecular weight is 377 g/mol. The van der Waals surface area contributed by atoms with Crippen LogP contribution in [0, 0.1) is 6.92 Å². The highest BCUT2D eigenvalue weighted by Gasteiger charge is 2.17. The first-order valence-electron chi connectivity index (χ1n) is 8.05. The second kappa shape index (κ2) is 8.68. The fraction of sp³-hybridized carbons (Fsp3) is 0.278. The number of aromatic hydroxyl groups is 1. The Hall–Kier alpha value is -2.58. The summed E-state index contributed by atoms with van der Waals surface area (Å²) < 4.78 is 25.9. The van der Waals surface area contributed by atoms with Crippen LogP contribution in [0.3, 0.4) is 0 Å². The molecule has 7 nitrogen and oxygen atoms in total. The van der Waals surface area contributed by atoms with Crippen LogP contribution in [0.1, 0.15) is 22.7 Å². The van der Waals surface area contributed by atoms with Gasteiger partial charge in [0.15, 0.2) is 5.96 Å². The van der Waals surface area contributed by atoms with E-state index in [1.807, 2.05) is 12.1 Å². The Morgan fingerprint density at radius 2 is 1.81 bits per heavy atom. The van der Waals surface area contributed by atoms with Crippen molar-refractivity contribution in [2.75, 3.05) is 19.3 Å². The molecule has 0 amide bonds. The van der Waals surface area contributed by atoms with Gasteiger partial charge in [-0.15, -0.1) is 0 Å². The Kier molecular flexibility index (Phi) is 6.59. The zero-order valence-electron chi connectivity index (χ0n) is 14.7. The van der Waals surface area contributed by atoms with Crippen LogP contribution in [0.2, 0.25) is 0 Å². The largest absolute Gasteiger partial charge is 0.508 e. The number of rotatable bonds is 3. The van der Waals surface area contributed by atoms with Crippen molar-refractivity contribution in [3.63, 3.8) is 0 Å². The number of phenolic OH excluding ortho intramolecular Hbond substituents is 1. The quantitative estimate of drug-likeness (QED) is 0.608. The molecule has 2 aromatic rings. The van der Waals surface area contributed by atoms with Gasteiger partial charge in [0.25, 0.3) is 10.1 Å². The fourth-order valence-electron chi connectivity index (χ4n) is 2.45. The maximum atomic E-state index is 9.74. The van der Waals surface area contributed by atoms with E-state index in [2.05, 4.69) is 46.8 Å². The number of benzene rings is 2. The van der Waals surface area contributed by atoms with Crippen LogP contribution in [0.5, 0.6) is 5.75 Å². The summed E-state index contributed by atoms with van der Waals surface area (Å²) in [6.45, 7) is 3.73. The predicted octanol–water partition coefficient (Wildman–Crippen LogP) is 1.84. The minimum atomic E-state index is -3.67. The van der Waals surface area contributed by atoms with Crippen molar-refractivity contribution in [2.45, 2.75) is 13.0 Å². The minimum absolute atomic E-state index is 0.0398. The van der Waals surface area contributed by atoms with E-state index in [1.54, 1.807) is 12.1 Å². The molecular formula is C18H23N3O4S. The van der Waals surface area contributed by atoms with Crippen LogP contribution in [0.4, 0.5) is 0 Å². The van der Waals surface area contributed by atoms with Crippen LogP contribution in [-0.4, -0.2) is 43.4 Å². The van der Waals surface area contributed by atoms with Gasteiger partial charge in [-0.2, -0.15) is 8.42 Å². The van der Waals surface area contributed by atoms with Crippen molar-refractivity contribution in [3.8, 4) is 5.75 Å². The van der Waals surface area contributed by atoms with Crippen LogP contribution < -0.4 is 10.6 Å². The van der Waals surface area contributed by atoms with Crippen LogP contribution in [-0.2, 0) is 10.1 Å². The maximum Gasteiger partial charge on any atom is 0.261 e. The summed E-state index contributed by atoms with van der Waals surface area (Å²) in [4.78, 5) is 4.40. The van der Waals surface area contributed by atoms with Gasteiger partial charge in [0.05, 0.1) is 18.8 Å². The Morgan fingerprint density at radius 1 is 1.15 bits per heavy atom. The molecule has 3 rings (SSSR count). The topological polar surface area (TPSA) is 111 Å². The zero-order valence-corrected chi connectivity index (χ0v) is 15.5. The molecule has 0 saturated carbocycles. The summed E-state index contributed by atoms with van der Waals surface area (Å²) in [6, 6.07) is 15.7. The highest BCUT2D eigenvalue weighted by atomic mass is 32.2. The third-order valence-electron chi connectivity index (χ3n) is 3.57. The molecule has 140 valence electrons. The molecule has 0 aliphatic carbocycles. The molecule has 0 spiro atoms. The Balaban J connectivity index is 0.000000431. The molecule has 0 bridgehead atoms. The zero-order chi connectivity index (χ0) is 19.2. The molecule has 1 aliphatic rings. The Labute approximate surface area is 153 Å². The number of guanidine groups is 1. The van der Waals surface area contributed by atoms with E-state index in [9.17, 15) is 13.5 Å². The van der Waals surface area contributed by atoms with Gasteiger partial charge in [-0.05, 0) is 30.2 Å². The molecular weight excluding hydrogens is 354 g/mol. The van der Waals surface area contributed by atoms with Gasteiger partial charge >= 0.3 is 0 Å². The molecule has 0 saturated heterocycles. The van der Waals surface area contributed by atoms with E-state index in [4.69, 9.17) is 4.55 Å². The fourth-order valence-corrected chi connectivity index (χ4v) is 2.45. The molecule has 0 aromatic heterocycles. The highest BCUT2D eigenvalue weighted by Crippen LogP contribution is 2.25. The maximum absolute atomic E-state index is 9.74. The van der Waals surface area contributed by atoms with Crippen molar-refractivity contribution in [2.24, 2.45) is 4.99 Å². The van der Waals surface area contributed by atoms with E-state index < -0.39 is 10.1 Å². The minimum Gasteiger partial charge on any atom is -0.508 e. The molecule has 26 heavy (non-hydrogen) atoms. The first kappa shape index (κ1) is 19.7. The number of hydrogen-bond acceptors (Lipinski definition) is 6. The second-order valence-electron chi connectivity index (χ2n) is 5.97. The smallest absolute Gasteiger partial charge is 0.261 e. The van der Waals surface area contributed by atoms with E-state index in [0.29, 0.717) is 6.26 Å². The summed E-state index contributed by atoms with van der Waals surface area (Å²) >= 11 is 0. The van der Waals surface area contributed by atoms with E-state index in [-0.39, 0.29) is 11.8 Å². The third-order valence-corrected chi connectivity index (χ3v) is 3.57. The van der Waals surface area contributed by atoms with Crippen LogP contribution in [0.25, 0.3) is 0 Å². The van der Waals surface area contributed by atoms with Gasteiger partial charge in [0, 0.05) is 6.54 Å². The summed E-state index contributed by atoms with van der Waals surface area (Å²) in [7, 11) is -3.67. The van der Waals surface area contributed by atoms with Crippen molar-refractivity contribution in [3.05, 3.63) is 65.2 Å². The molecule has 1 aliphatic heterocycles. The highest BCUT2D eigenvalue weighted by molar-refractivity contribution is 7.85. The molecule has 4 N–H and O–H groups in total. The number of hydrogen-bond donors (Lipinski definition) is 4. The van der Waals surface area contributed by atoms with Gasteiger partial charge in [0.2, 0.25) is 0 Å². The Morgan fingerprint density at radius 3 is 2.35 bits per heavy atom. The summed E-state index contributed by atoms with van der Waals surface area (Å²) in [6.07, 6.45) is 0.715. The number of aliphatic imine (C=N–C) groups is 1. The van der Waals surface area contributed by atoms with E-state index >= 15 is 0 Å². The molecule has 1 heterocycles. The number of aryl methyl sites for hydroxylation is 1. The molecule has 0 fully saturated rings. The van der Waals surface area contributed by atoms with E-state index in [1.165, 1.54) is 5.56 Å². The lowest BCUT2D eigenvalue weighted by molar-refractivity contribution is 0.473. The Bertz CT molecular complexity index is 856. The van der Waals surface area contributed by atoms with Crippen molar-refractivity contribution in [1.82, 2.24) is 10.6 Å². The van der Waals surface area contributed by atoms with Gasteiger partial charge in [0.1, 0.15) is 5.75 Å². The normalized spacial score (nSPS) is 14.5. The van der Waals surface area contributed by atoms with Gasteiger partial charge in [-0.25, -0.2) is 0 Å². The van der Waals surface area contributed by atoms with Crippen LogP contribution >= 0.6 is 0 Å². The summed E-state index contributed by atoms with van der Waals surface area (Å²) in [5.74, 6) is 1.08. The number of phenols is 1. The summed E-state index contributed by atoms with van der Waals surface area (Å²) in [5, 5.41) is 16.4. The monoisotopic (exact) mass is 377 g/mol. The number of nitrogens with one attached hydrogen (secondary N) is 2. The molecule has 0 radical (unpaired) electrons. The van der Waals surface area contributed by atoms with Crippen molar-refractivity contribution in [1.29, 1.82) is 0 Å². The standard InChI is InChI=1S/C17H19N3O.CH4O3S/c1-12-5-7-13(8-6-12)16(20-17-18-9-10-19-17)14-3-2-4-15(21)11-14;1-5(2,3)4/h2-8,11,16,21H,9-10H2,1H3,(H2,18,19,20);1H3,(H,2,3,4).